The summed E-state index contributed by atoms with van der Waals surface area (Å²) < 4.78 is 44.3. The molecule has 1 N–H and O–H groups in total. The smallest absolute Gasteiger partial charge is 0.242 e. The van der Waals surface area contributed by atoms with Gasteiger partial charge in [0.15, 0.2) is 0 Å². The van der Waals surface area contributed by atoms with E-state index in [4.69, 9.17) is 4.74 Å². The van der Waals surface area contributed by atoms with Crippen LogP contribution in [0.25, 0.3) is 0 Å². The Kier molecular flexibility index (Phi) is 9.22. The number of amides is 2. The van der Waals surface area contributed by atoms with E-state index in [9.17, 15) is 22.4 Å². The van der Waals surface area contributed by atoms with Crippen LogP contribution in [0.3, 0.4) is 0 Å². The number of nitrogens with one attached hydrogen (secondary N) is 1. The largest absolute Gasteiger partial charge is 0.497 e. The Balaban J connectivity index is 2.14. The minimum absolute atomic E-state index is 0.0263. The van der Waals surface area contributed by atoms with Crippen LogP contribution in [0.2, 0.25) is 0 Å². The number of likely N-dealkylation sites (N-methyl/N-ethyl adjacent to an activating group) is 1. The van der Waals surface area contributed by atoms with Gasteiger partial charge in [0, 0.05) is 32.6 Å². The summed E-state index contributed by atoms with van der Waals surface area (Å²) in [5, 5.41) is 2.53. The first-order valence-corrected chi connectivity index (χ1v) is 12.3. The second-order valence-corrected chi connectivity index (χ2v) is 9.49. The lowest BCUT2D eigenvalue weighted by Gasteiger charge is -2.29. The topological polar surface area (TPSA) is 96.0 Å². The van der Waals surface area contributed by atoms with Gasteiger partial charge in [-0.3, -0.25) is 13.9 Å². The normalized spacial score (nSPS) is 12.0. The quantitative estimate of drug-likeness (QED) is 0.534. The van der Waals surface area contributed by atoms with Crippen molar-refractivity contribution in [1.29, 1.82) is 0 Å². The van der Waals surface area contributed by atoms with E-state index >= 15 is 0 Å². The maximum atomic E-state index is 13.2. The molecule has 1 atom stereocenters. The van der Waals surface area contributed by atoms with Gasteiger partial charge in [-0.15, -0.1) is 0 Å². The molecule has 0 saturated heterocycles. The van der Waals surface area contributed by atoms with Crippen LogP contribution < -0.4 is 14.4 Å². The molecule has 0 aliphatic carbocycles. The molecular weight excluding hydrogens is 449 g/mol. The number of ether oxygens (including phenoxy) is 1. The van der Waals surface area contributed by atoms with Gasteiger partial charge in [-0.05, 0) is 43.2 Å². The predicted octanol–water partition coefficient (Wildman–Crippen LogP) is 2.54. The Labute approximate surface area is 194 Å². The minimum Gasteiger partial charge on any atom is -0.497 e. The number of hydrogen-bond donors (Lipinski definition) is 1. The van der Waals surface area contributed by atoms with E-state index in [2.05, 4.69) is 5.32 Å². The predicted molar refractivity (Wildman–Crippen MR) is 125 cm³/mol. The zero-order valence-electron chi connectivity index (χ0n) is 19.2. The summed E-state index contributed by atoms with van der Waals surface area (Å²) in [6, 6.07) is 11.6. The summed E-state index contributed by atoms with van der Waals surface area (Å²) in [6.45, 7) is 1.81. The summed E-state index contributed by atoms with van der Waals surface area (Å²) in [6.07, 6.45) is 1.37. The molecule has 0 bridgehead atoms. The van der Waals surface area contributed by atoms with Crippen molar-refractivity contribution in [2.75, 3.05) is 31.3 Å². The van der Waals surface area contributed by atoms with E-state index in [0.29, 0.717) is 17.0 Å². The maximum Gasteiger partial charge on any atom is 0.242 e. The number of nitrogens with zero attached hydrogens (tertiary/aromatic N) is 2. The van der Waals surface area contributed by atoms with Gasteiger partial charge in [-0.2, -0.15) is 0 Å². The first kappa shape index (κ1) is 26.1. The van der Waals surface area contributed by atoms with Gasteiger partial charge in [0.2, 0.25) is 21.8 Å². The Morgan fingerprint density at radius 2 is 1.82 bits per heavy atom. The van der Waals surface area contributed by atoms with Crippen LogP contribution in [0.4, 0.5) is 10.1 Å². The number of anilines is 1. The first-order valence-electron chi connectivity index (χ1n) is 10.4. The van der Waals surface area contributed by atoms with Crippen molar-refractivity contribution in [3.05, 3.63) is 59.9 Å². The molecule has 2 aromatic rings. The number of carbonyl (C=O) groups excluding carboxylic acids is 2. The Bertz CT molecular complexity index is 1060. The van der Waals surface area contributed by atoms with Crippen LogP contribution in [0.1, 0.15) is 25.3 Å². The summed E-state index contributed by atoms with van der Waals surface area (Å²) in [4.78, 5) is 26.6. The van der Waals surface area contributed by atoms with E-state index in [1.807, 2.05) is 0 Å². The first-order chi connectivity index (χ1) is 15.6. The lowest BCUT2D eigenvalue weighted by atomic mass is 10.1. The van der Waals surface area contributed by atoms with Crippen LogP contribution in [-0.4, -0.2) is 58.1 Å². The Hall–Kier alpha value is -3.14. The van der Waals surface area contributed by atoms with Crippen LogP contribution >= 0.6 is 0 Å². The zero-order valence-corrected chi connectivity index (χ0v) is 20.1. The second-order valence-electron chi connectivity index (χ2n) is 7.58. The third-order valence-corrected chi connectivity index (χ3v) is 6.37. The summed E-state index contributed by atoms with van der Waals surface area (Å²) in [5.74, 6) is -0.523. The molecule has 33 heavy (non-hydrogen) atoms. The van der Waals surface area contributed by atoms with E-state index < -0.39 is 21.9 Å². The average molecular weight is 480 g/mol. The van der Waals surface area contributed by atoms with Gasteiger partial charge >= 0.3 is 0 Å². The van der Waals surface area contributed by atoms with Crippen LogP contribution in [-0.2, 0) is 26.2 Å². The van der Waals surface area contributed by atoms with Crippen molar-refractivity contribution in [1.82, 2.24) is 10.2 Å². The summed E-state index contributed by atoms with van der Waals surface area (Å²) in [5.41, 5.74) is 1.11. The van der Waals surface area contributed by atoms with Gasteiger partial charge < -0.3 is 15.0 Å². The number of sulfonamides is 1. The van der Waals surface area contributed by atoms with Gasteiger partial charge in [0.05, 0.1) is 19.1 Å². The molecule has 0 aliphatic rings. The lowest BCUT2D eigenvalue weighted by Crippen LogP contribution is -2.46. The SMILES string of the molecule is CNC(=O)[C@@H](C)N(Cc1ccc(F)cc1)C(=O)CCCN(c1cccc(OC)c1)S(C)(=O)=O. The molecule has 0 spiro atoms. The number of benzene rings is 2. The number of carbonyl (C=O) groups is 2. The fourth-order valence-electron chi connectivity index (χ4n) is 3.35. The third kappa shape index (κ3) is 7.45. The second kappa shape index (κ2) is 11.6. The van der Waals surface area contributed by atoms with E-state index in [1.54, 1.807) is 43.3 Å². The molecule has 0 radical (unpaired) electrons. The van der Waals surface area contributed by atoms with Crippen molar-refractivity contribution in [2.24, 2.45) is 0 Å². The monoisotopic (exact) mass is 479 g/mol. The standard InChI is InChI=1S/C23H30FN3O5S/c1-17(23(29)25-2)26(16-18-10-12-19(24)13-11-18)22(28)9-6-14-27(33(4,30)31)20-7-5-8-21(15-20)32-3/h5,7-8,10-13,15,17H,6,9,14,16H2,1-4H3,(H,25,29)/t17-/m1/s1. The fourth-order valence-corrected chi connectivity index (χ4v) is 4.30. The third-order valence-electron chi connectivity index (χ3n) is 5.17. The molecule has 2 rings (SSSR count). The van der Waals surface area contributed by atoms with Crippen molar-refractivity contribution in [3.8, 4) is 5.75 Å². The number of halogens is 1. The van der Waals surface area contributed by atoms with Crippen molar-refractivity contribution < 1.29 is 27.1 Å². The Morgan fingerprint density at radius 1 is 1.15 bits per heavy atom. The molecule has 10 heteroatoms. The van der Waals surface area contributed by atoms with Crippen molar-refractivity contribution in [2.45, 2.75) is 32.4 Å². The van der Waals surface area contributed by atoms with Gasteiger partial charge in [-0.1, -0.05) is 18.2 Å². The van der Waals surface area contributed by atoms with Gasteiger partial charge in [0.25, 0.3) is 0 Å². The summed E-state index contributed by atoms with van der Waals surface area (Å²) in [7, 11) is -0.619. The number of methoxy groups -OCH3 is 1. The number of rotatable bonds is 11. The van der Waals surface area contributed by atoms with E-state index in [-0.39, 0.29) is 37.7 Å². The van der Waals surface area contributed by atoms with Gasteiger partial charge in [-0.25, -0.2) is 12.8 Å². The van der Waals surface area contributed by atoms with Crippen LogP contribution in [0, 0.1) is 5.82 Å². The molecule has 180 valence electrons. The van der Waals surface area contributed by atoms with Crippen LogP contribution in [0.5, 0.6) is 5.75 Å². The molecule has 0 heterocycles. The molecule has 0 fully saturated rings. The minimum atomic E-state index is -3.59. The molecule has 0 aliphatic heterocycles. The molecule has 2 amide bonds. The highest BCUT2D eigenvalue weighted by molar-refractivity contribution is 7.92. The number of hydrogen-bond acceptors (Lipinski definition) is 5. The average Bonchev–Trinajstić information content (AvgIpc) is 2.79. The maximum absolute atomic E-state index is 13.2. The summed E-state index contributed by atoms with van der Waals surface area (Å²) >= 11 is 0. The molecule has 0 saturated carbocycles. The highest BCUT2D eigenvalue weighted by Gasteiger charge is 2.26. The van der Waals surface area contributed by atoms with Crippen molar-refractivity contribution >= 4 is 27.5 Å². The van der Waals surface area contributed by atoms with Crippen LogP contribution in [0.15, 0.2) is 48.5 Å². The van der Waals surface area contributed by atoms with E-state index in [1.165, 1.54) is 35.5 Å². The van der Waals surface area contributed by atoms with E-state index in [0.717, 1.165) is 6.26 Å². The molecule has 2 aromatic carbocycles. The molecular formula is C23H30FN3O5S. The highest BCUT2D eigenvalue weighted by Crippen LogP contribution is 2.24. The molecule has 0 unspecified atom stereocenters. The molecule has 8 nitrogen and oxygen atoms in total. The highest BCUT2D eigenvalue weighted by atomic mass is 32.2. The van der Waals surface area contributed by atoms with Crippen molar-refractivity contribution in [3.63, 3.8) is 0 Å². The zero-order chi connectivity index (χ0) is 24.6. The fraction of sp³-hybridized carbons (Fsp3) is 0.391. The lowest BCUT2D eigenvalue weighted by molar-refractivity contribution is -0.140. The molecule has 0 aromatic heterocycles. The Morgan fingerprint density at radius 3 is 2.39 bits per heavy atom. The van der Waals surface area contributed by atoms with Gasteiger partial charge in [0.1, 0.15) is 17.6 Å².